The molecule has 1 rings (SSSR count). The lowest BCUT2D eigenvalue weighted by Crippen LogP contribution is -2.23. The van der Waals surface area contributed by atoms with Crippen molar-refractivity contribution in [3.63, 3.8) is 0 Å². The fraction of sp³-hybridized carbons (Fsp3) is 0.273. The van der Waals surface area contributed by atoms with E-state index in [0.717, 1.165) is 0 Å². The van der Waals surface area contributed by atoms with E-state index in [4.69, 9.17) is 15.6 Å². The van der Waals surface area contributed by atoms with Crippen molar-refractivity contribution in [1.29, 1.82) is 0 Å². The van der Waals surface area contributed by atoms with Gasteiger partial charge in [-0.15, -0.1) is 0 Å². The maximum atomic E-state index is 11.1. The molecular weight excluding hydrogens is 224 g/mol. The van der Waals surface area contributed by atoms with Crippen LogP contribution in [0.3, 0.4) is 0 Å². The summed E-state index contributed by atoms with van der Waals surface area (Å²) in [5, 5.41) is 11.4. The number of carbonyl (C=O) groups excluding carboxylic acids is 1. The summed E-state index contributed by atoms with van der Waals surface area (Å²) < 4.78 is 5.05. The zero-order valence-electron chi connectivity index (χ0n) is 9.56. The summed E-state index contributed by atoms with van der Waals surface area (Å²) in [7, 11) is 1.43. The van der Waals surface area contributed by atoms with E-state index in [9.17, 15) is 9.59 Å². The van der Waals surface area contributed by atoms with Gasteiger partial charge >= 0.3 is 5.97 Å². The molecule has 92 valence electrons. The second kappa shape index (κ2) is 5.31. The summed E-state index contributed by atoms with van der Waals surface area (Å²) in [6.45, 7) is 1.32. The van der Waals surface area contributed by atoms with Crippen molar-refractivity contribution in [2.24, 2.45) is 5.73 Å². The third-order valence-electron chi connectivity index (χ3n) is 2.18. The van der Waals surface area contributed by atoms with Crippen LogP contribution < -0.4 is 15.8 Å². The summed E-state index contributed by atoms with van der Waals surface area (Å²) in [4.78, 5) is 21.9. The molecule has 1 atom stereocenters. The van der Waals surface area contributed by atoms with Crippen LogP contribution in [0.1, 0.15) is 18.5 Å². The van der Waals surface area contributed by atoms with E-state index in [1.54, 1.807) is 12.1 Å². The van der Waals surface area contributed by atoms with Crippen LogP contribution >= 0.6 is 0 Å². The zero-order valence-corrected chi connectivity index (χ0v) is 9.56. The lowest BCUT2D eigenvalue weighted by molar-refractivity contribution is -0.138. The molecule has 6 heteroatoms. The van der Waals surface area contributed by atoms with Crippen molar-refractivity contribution in [3.8, 4) is 5.75 Å². The molecule has 0 aliphatic rings. The first-order chi connectivity index (χ1) is 7.97. The molecule has 1 amide bonds. The van der Waals surface area contributed by atoms with Crippen molar-refractivity contribution in [1.82, 2.24) is 0 Å². The predicted molar refractivity (Wildman–Crippen MR) is 61.9 cm³/mol. The van der Waals surface area contributed by atoms with Gasteiger partial charge in [-0.05, 0) is 6.07 Å². The standard InChI is InChI=1S/C11H14N2O4/c1-6(14)13-10-7(9(12)11(15)16)4-3-5-8(10)17-2/h3-5,9H,12H2,1-2H3,(H,13,14)(H,15,16). The predicted octanol–water partition coefficient (Wildman–Crippen LogP) is 0.738. The quantitative estimate of drug-likeness (QED) is 0.718. The number of benzene rings is 1. The molecule has 17 heavy (non-hydrogen) atoms. The van der Waals surface area contributed by atoms with Crippen LogP contribution in [-0.2, 0) is 9.59 Å². The average Bonchev–Trinajstić information content (AvgIpc) is 2.27. The van der Waals surface area contributed by atoms with E-state index in [-0.39, 0.29) is 11.6 Å². The average molecular weight is 238 g/mol. The van der Waals surface area contributed by atoms with Gasteiger partial charge in [0.2, 0.25) is 5.91 Å². The van der Waals surface area contributed by atoms with Crippen LogP contribution in [0.25, 0.3) is 0 Å². The van der Waals surface area contributed by atoms with E-state index >= 15 is 0 Å². The highest BCUT2D eigenvalue weighted by atomic mass is 16.5. The van der Waals surface area contributed by atoms with Crippen LogP contribution in [-0.4, -0.2) is 24.1 Å². The van der Waals surface area contributed by atoms with E-state index in [0.29, 0.717) is 11.3 Å². The number of methoxy groups -OCH3 is 1. The molecule has 0 fully saturated rings. The molecule has 0 aliphatic heterocycles. The largest absolute Gasteiger partial charge is 0.495 e. The number of rotatable bonds is 4. The molecule has 0 radical (unpaired) electrons. The second-order valence-corrected chi connectivity index (χ2v) is 3.42. The highest BCUT2D eigenvalue weighted by Crippen LogP contribution is 2.31. The number of hydrogen-bond acceptors (Lipinski definition) is 4. The minimum atomic E-state index is -1.22. The summed E-state index contributed by atoms with van der Waals surface area (Å²) >= 11 is 0. The van der Waals surface area contributed by atoms with Crippen molar-refractivity contribution in [2.75, 3.05) is 12.4 Å². The van der Waals surface area contributed by atoms with E-state index in [1.807, 2.05) is 0 Å². The molecule has 0 saturated heterocycles. The first kappa shape index (κ1) is 13.0. The Bertz CT molecular complexity index is 445. The second-order valence-electron chi connectivity index (χ2n) is 3.42. The molecule has 0 aliphatic carbocycles. The number of nitrogens with one attached hydrogen (secondary N) is 1. The molecule has 1 aromatic carbocycles. The summed E-state index contributed by atoms with van der Waals surface area (Å²) in [5.74, 6) is -1.13. The first-order valence-electron chi connectivity index (χ1n) is 4.90. The Morgan fingerprint density at radius 3 is 2.59 bits per heavy atom. The van der Waals surface area contributed by atoms with Gasteiger partial charge in [0, 0.05) is 12.5 Å². The number of para-hydroxylation sites is 1. The highest BCUT2D eigenvalue weighted by Gasteiger charge is 2.21. The number of carboxylic acid groups (broad SMARTS) is 1. The number of carbonyl (C=O) groups is 2. The molecule has 0 bridgehead atoms. The molecule has 0 spiro atoms. The number of ether oxygens (including phenoxy) is 1. The minimum absolute atomic E-state index is 0.289. The number of nitrogens with two attached hydrogens (primary N) is 1. The van der Waals surface area contributed by atoms with Gasteiger partial charge in [-0.2, -0.15) is 0 Å². The summed E-state index contributed by atoms with van der Waals surface area (Å²) in [5.41, 5.74) is 6.12. The third kappa shape index (κ3) is 2.94. The Kier molecular flexibility index (Phi) is 4.06. The van der Waals surface area contributed by atoms with Gasteiger partial charge in [0.1, 0.15) is 11.8 Å². The lowest BCUT2D eigenvalue weighted by atomic mass is 10.0. The van der Waals surface area contributed by atoms with Gasteiger partial charge in [0.25, 0.3) is 0 Å². The van der Waals surface area contributed by atoms with Gasteiger partial charge in [0.05, 0.1) is 12.8 Å². The third-order valence-corrected chi connectivity index (χ3v) is 2.18. The number of aliphatic carboxylic acids is 1. The maximum Gasteiger partial charge on any atom is 0.325 e. The number of carboxylic acids is 1. The summed E-state index contributed by atoms with van der Waals surface area (Å²) in [6.07, 6.45) is 0. The zero-order chi connectivity index (χ0) is 13.0. The Morgan fingerprint density at radius 1 is 1.47 bits per heavy atom. The molecule has 0 aromatic heterocycles. The van der Waals surface area contributed by atoms with Crippen LogP contribution in [0.5, 0.6) is 5.75 Å². The van der Waals surface area contributed by atoms with Crippen LogP contribution in [0, 0.1) is 0 Å². The highest BCUT2D eigenvalue weighted by molar-refractivity contribution is 5.93. The van der Waals surface area contributed by atoms with Gasteiger partial charge in [-0.25, -0.2) is 0 Å². The molecule has 1 aromatic rings. The van der Waals surface area contributed by atoms with Gasteiger partial charge < -0.3 is 20.9 Å². The smallest absolute Gasteiger partial charge is 0.325 e. The van der Waals surface area contributed by atoms with Crippen molar-refractivity contribution in [2.45, 2.75) is 13.0 Å². The Balaban J connectivity index is 3.28. The van der Waals surface area contributed by atoms with Gasteiger partial charge in [-0.1, -0.05) is 12.1 Å². The Labute approximate surface area is 98.4 Å². The number of amides is 1. The molecule has 6 nitrogen and oxygen atoms in total. The minimum Gasteiger partial charge on any atom is -0.495 e. The van der Waals surface area contributed by atoms with Crippen molar-refractivity contribution in [3.05, 3.63) is 23.8 Å². The molecular formula is C11H14N2O4. The molecule has 0 heterocycles. The number of anilines is 1. The van der Waals surface area contributed by atoms with Crippen molar-refractivity contribution >= 4 is 17.6 Å². The fourth-order valence-electron chi connectivity index (χ4n) is 1.42. The Morgan fingerprint density at radius 2 is 2.12 bits per heavy atom. The SMILES string of the molecule is COc1cccc(C(N)C(=O)O)c1NC(C)=O. The van der Waals surface area contributed by atoms with Gasteiger partial charge in [-0.3, -0.25) is 9.59 Å². The van der Waals surface area contributed by atoms with Crippen molar-refractivity contribution < 1.29 is 19.4 Å². The number of hydrogen-bond donors (Lipinski definition) is 3. The van der Waals surface area contributed by atoms with E-state index in [2.05, 4.69) is 5.32 Å². The van der Waals surface area contributed by atoms with Gasteiger partial charge in [0.15, 0.2) is 0 Å². The maximum absolute atomic E-state index is 11.1. The van der Waals surface area contributed by atoms with Crippen LogP contribution in [0.15, 0.2) is 18.2 Å². The topological polar surface area (TPSA) is 102 Å². The first-order valence-corrected chi connectivity index (χ1v) is 4.90. The molecule has 1 unspecified atom stereocenters. The van der Waals surface area contributed by atoms with Crippen LogP contribution in [0.4, 0.5) is 5.69 Å². The van der Waals surface area contributed by atoms with E-state index in [1.165, 1.54) is 20.1 Å². The fourth-order valence-corrected chi connectivity index (χ4v) is 1.42. The molecule has 4 N–H and O–H groups in total. The van der Waals surface area contributed by atoms with E-state index < -0.39 is 12.0 Å². The Hall–Kier alpha value is -2.08. The van der Waals surface area contributed by atoms with Crippen LogP contribution in [0.2, 0.25) is 0 Å². The monoisotopic (exact) mass is 238 g/mol. The lowest BCUT2D eigenvalue weighted by Gasteiger charge is -2.16. The normalized spacial score (nSPS) is 11.7. The summed E-state index contributed by atoms with van der Waals surface area (Å²) in [6, 6.07) is 3.55. The molecule has 0 saturated carbocycles.